The van der Waals surface area contributed by atoms with E-state index in [2.05, 4.69) is 0 Å². The zero-order chi connectivity index (χ0) is 21.6. The Kier molecular flexibility index (Phi) is 5.18. The maximum absolute atomic E-state index is 13.5. The maximum atomic E-state index is 13.5. The summed E-state index contributed by atoms with van der Waals surface area (Å²) in [6.07, 6.45) is 7.90. The van der Waals surface area contributed by atoms with Gasteiger partial charge in [0.2, 0.25) is 5.91 Å². The van der Waals surface area contributed by atoms with Gasteiger partial charge in [0.15, 0.2) is 12.4 Å². The molecule has 6 rings (SSSR count). The van der Waals surface area contributed by atoms with Crippen molar-refractivity contribution in [2.45, 2.75) is 63.7 Å². The van der Waals surface area contributed by atoms with Crippen molar-refractivity contribution >= 4 is 17.7 Å². The van der Waals surface area contributed by atoms with Crippen molar-refractivity contribution in [1.82, 2.24) is 4.90 Å². The molecule has 0 radical (unpaired) electrons. The molecule has 1 amide bonds. The molecule has 0 unspecified atom stereocenters. The average Bonchev–Trinajstić information content (AvgIpc) is 2.77. The fourth-order valence-electron chi connectivity index (χ4n) is 7.45. The van der Waals surface area contributed by atoms with Crippen molar-refractivity contribution in [3.63, 3.8) is 0 Å². The standard InChI is InChI=1S/C26H33NO4/c1-18(28)27-9-7-26(8-10-27,22-5-3-2-4-6-22)24(30)31-17-23(29)25-14-19-11-20(15-25)13-21(12-19)16-25/h2-6,19-21H,7-17H2,1H3. The largest absolute Gasteiger partial charge is 0.457 e. The highest BCUT2D eigenvalue weighted by Gasteiger charge is 2.54. The third kappa shape index (κ3) is 3.60. The van der Waals surface area contributed by atoms with Crippen LogP contribution in [0.1, 0.15) is 63.9 Å². The highest BCUT2D eigenvalue weighted by Crippen LogP contribution is 2.60. The molecule has 1 saturated heterocycles. The Hall–Kier alpha value is -2.17. The van der Waals surface area contributed by atoms with E-state index in [1.54, 1.807) is 11.8 Å². The molecule has 5 fully saturated rings. The van der Waals surface area contributed by atoms with Crippen LogP contribution >= 0.6 is 0 Å². The second kappa shape index (κ2) is 7.75. The lowest BCUT2D eigenvalue weighted by atomic mass is 9.48. The van der Waals surface area contributed by atoms with E-state index in [0.717, 1.165) is 24.8 Å². The van der Waals surface area contributed by atoms with E-state index < -0.39 is 5.41 Å². The number of esters is 1. The molecule has 1 heterocycles. The molecule has 4 aliphatic carbocycles. The van der Waals surface area contributed by atoms with Crippen LogP contribution in [0, 0.1) is 23.2 Å². The van der Waals surface area contributed by atoms with Gasteiger partial charge in [-0.2, -0.15) is 0 Å². The molecule has 31 heavy (non-hydrogen) atoms. The number of benzene rings is 1. The fraction of sp³-hybridized carbons (Fsp3) is 0.654. The number of nitrogens with zero attached hydrogens (tertiary/aromatic N) is 1. The molecule has 1 aromatic carbocycles. The molecule has 1 aliphatic heterocycles. The molecule has 4 bridgehead atoms. The summed E-state index contributed by atoms with van der Waals surface area (Å²) in [5.74, 6) is 1.95. The van der Waals surface area contributed by atoms with Crippen molar-refractivity contribution in [1.29, 1.82) is 0 Å². The number of rotatable bonds is 5. The van der Waals surface area contributed by atoms with E-state index >= 15 is 0 Å². The molecular formula is C26H33NO4. The third-order valence-electron chi connectivity index (χ3n) is 8.74. The van der Waals surface area contributed by atoms with Gasteiger partial charge in [-0.3, -0.25) is 14.4 Å². The topological polar surface area (TPSA) is 63.7 Å². The molecule has 4 saturated carbocycles. The van der Waals surface area contributed by atoms with Crippen LogP contribution in [0.25, 0.3) is 0 Å². The van der Waals surface area contributed by atoms with Gasteiger partial charge in [-0.25, -0.2) is 0 Å². The van der Waals surface area contributed by atoms with Gasteiger partial charge in [-0.1, -0.05) is 30.3 Å². The Balaban J connectivity index is 1.30. The third-order valence-corrected chi connectivity index (χ3v) is 8.74. The van der Waals surface area contributed by atoms with Gasteiger partial charge >= 0.3 is 5.97 Å². The Morgan fingerprint density at radius 1 is 0.935 bits per heavy atom. The number of Topliss-reactive ketones (excluding diaryl/α,β-unsaturated/α-hetero) is 1. The molecule has 5 heteroatoms. The number of piperidine rings is 1. The molecule has 0 spiro atoms. The predicted octanol–water partition coefficient (Wildman–Crippen LogP) is 3.90. The minimum Gasteiger partial charge on any atom is -0.457 e. The van der Waals surface area contributed by atoms with Gasteiger partial charge < -0.3 is 9.64 Å². The fourth-order valence-corrected chi connectivity index (χ4v) is 7.45. The van der Waals surface area contributed by atoms with Crippen LogP contribution in [-0.2, 0) is 24.5 Å². The second-order valence-electron chi connectivity index (χ2n) is 10.7. The van der Waals surface area contributed by atoms with Gasteiger partial charge in [-0.15, -0.1) is 0 Å². The molecule has 5 aliphatic rings. The first-order valence-electron chi connectivity index (χ1n) is 11.9. The van der Waals surface area contributed by atoms with Crippen LogP contribution in [-0.4, -0.2) is 42.3 Å². The second-order valence-corrected chi connectivity index (χ2v) is 10.7. The normalized spacial score (nSPS) is 33.2. The highest BCUT2D eigenvalue weighted by molar-refractivity contribution is 5.90. The lowest BCUT2D eigenvalue weighted by Gasteiger charge is -2.55. The van der Waals surface area contributed by atoms with Crippen molar-refractivity contribution < 1.29 is 19.1 Å². The quantitative estimate of drug-likeness (QED) is 0.674. The summed E-state index contributed by atoms with van der Waals surface area (Å²) in [5.41, 5.74) is -0.104. The number of carbonyl (C=O) groups excluding carboxylic acids is 3. The summed E-state index contributed by atoms with van der Waals surface area (Å²) in [4.78, 5) is 40.4. The van der Waals surface area contributed by atoms with Crippen molar-refractivity contribution in [2.75, 3.05) is 19.7 Å². The van der Waals surface area contributed by atoms with Gasteiger partial charge in [-0.05, 0) is 74.7 Å². The summed E-state index contributed by atoms with van der Waals surface area (Å²) in [6.45, 7) is 2.53. The number of ether oxygens (including phenoxy) is 1. The summed E-state index contributed by atoms with van der Waals surface area (Å²) >= 11 is 0. The lowest BCUT2D eigenvalue weighted by Crippen LogP contribution is -2.52. The summed E-state index contributed by atoms with van der Waals surface area (Å²) in [6, 6.07) is 9.73. The van der Waals surface area contributed by atoms with Crippen LogP contribution in [0.15, 0.2) is 30.3 Å². The molecule has 166 valence electrons. The average molecular weight is 424 g/mol. The van der Waals surface area contributed by atoms with E-state index in [9.17, 15) is 14.4 Å². The van der Waals surface area contributed by atoms with Crippen molar-refractivity contribution in [3.8, 4) is 0 Å². The van der Waals surface area contributed by atoms with E-state index in [1.807, 2.05) is 30.3 Å². The van der Waals surface area contributed by atoms with E-state index in [4.69, 9.17) is 4.74 Å². The van der Waals surface area contributed by atoms with Gasteiger partial charge in [0, 0.05) is 25.4 Å². The zero-order valence-corrected chi connectivity index (χ0v) is 18.5. The SMILES string of the molecule is CC(=O)N1CCC(C(=O)OCC(=O)C23CC4CC(CC(C4)C2)C3)(c2ccccc2)CC1. The summed E-state index contributed by atoms with van der Waals surface area (Å²) < 4.78 is 5.79. The lowest BCUT2D eigenvalue weighted by molar-refractivity contribution is -0.163. The van der Waals surface area contributed by atoms with Crippen LogP contribution < -0.4 is 0 Å². The summed E-state index contributed by atoms with van der Waals surface area (Å²) in [5, 5.41) is 0. The minimum atomic E-state index is -0.783. The predicted molar refractivity (Wildman–Crippen MR) is 116 cm³/mol. The van der Waals surface area contributed by atoms with Crippen molar-refractivity contribution in [2.24, 2.45) is 23.2 Å². The number of ketones is 1. The van der Waals surface area contributed by atoms with Crippen LogP contribution in [0.5, 0.6) is 0 Å². The van der Waals surface area contributed by atoms with Crippen LogP contribution in [0.3, 0.4) is 0 Å². The van der Waals surface area contributed by atoms with Gasteiger partial charge in [0.05, 0.1) is 5.41 Å². The van der Waals surface area contributed by atoms with Crippen LogP contribution in [0.4, 0.5) is 0 Å². The Bertz CT molecular complexity index is 833. The molecule has 0 N–H and O–H groups in total. The number of likely N-dealkylation sites (tertiary alicyclic amines) is 1. The number of hydrogen-bond donors (Lipinski definition) is 0. The molecule has 0 aromatic heterocycles. The molecular weight excluding hydrogens is 390 g/mol. The highest BCUT2D eigenvalue weighted by atomic mass is 16.5. The molecule has 0 atom stereocenters. The van der Waals surface area contributed by atoms with Crippen LogP contribution in [0.2, 0.25) is 0 Å². The smallest absolute Gasteiger partial charge is 0.317 e. The minimum absolute atomic E-state index is 0.0343. The zero-order valence-electron chi connectivity index (χ0n) is 18.5. The molecule has 1 aromatic rings. The van der Waals surface area contributed by atoms with E-state index in [0.29, 0.717) is 43.7 Å². The number of amides is 1. The monoisotopic (exact) mass is 423 g/mol. The number of hydrogen-bond acceptors (Lipinski definition) is 4. The summed E-state index contributed by atoms with van der Waals surface area (Å²) in [7, 11) is 0. The first-order chi connectivity index (χ1) is 14.9. The molecule has 5 nitrogen and oxygen atoms in total. The van der Waals surface area contributed by atoms with Gasteiger partial charge in [0.25, 0.3) is 0 Å². The Labute approximate surface area is 184 Å². The first kappa shape index (κ1) is 20.7. The van der Waals surface area contributed by atoms with E-state index in [-0.39, 0.29) is 29.7 Å². The van der Waals surface area contributed by atoms with Crippen molar-refractivity contribution in [3.05, 3.63) is 35.9 Å². The van der Waals surface area contributed by atoms with E-state index in [1.165, 1.54) is 19.3 Å². The van der Waals surface area contributed by atoms with Gasteiger partial charge in [0.1, 0.15) is 0 Å². The Morgan fingerprint density at radius 3 is 2.00 bits per heavy atom. The Morgan fingerprint density at radius 2 is 1.48 bits per heavy atom. The first-order valence-corrected chi connectivity index (χ1v) is 11.9. The maximum Gasteiger partial charge on any atom is 0.317 e. The number of carbonyl (C=O) groups is 3.